The van der Waals surface area contributed by atoms with Crippen LogP contribution < -0.4 is 11.3 Å². The topological polar surface area (TPSA) is 175 Å². The van der Waals surface area contributed by atoms with Gasteiger partial charge < -0.3 is 20.5 Å². The summed E-state index contributed by atoms with van der Waals surface area (Å²) >= 11 is 7.12. The maximum absolute atomic E-state index is 12.4. The van der Waals surface area contributed by atoms with Crippen LogP contribution in [0, 0.1) is 0 Å². The van der Waals surface area contributed by atoms with Crippen molar-refractivity contribution in [2.75, 3.05) is 12.3 Å². The summed E-state index contributed by atoms with van der Waals surface area (Å²) in [5, 5.41) is 11.7. The molecule has 0 amide bonds. The number of H-pyrrole nitrogens is 1. The summed E-state index contributed by atoms with van der Waals surface area (Å²) in [4.78, 5) is 33.6. The summed E-state index contributed by atoms with van der Waals surface area (Å²) in [6, 6.07) is 6.90. The van der Waals surface area contributed by atoms with Crippen LogP contribution in [0.2, 0.25) is 5.02 Å². The number of rotatable bonds is 3. The highest BCUT2D eigenvalue weighted by molar-refractivity contribution is 7.99. The second-order valence-corrected chi connectivity index (χ2v) is 9.72. The number of hydrogen-bond acceptors (Lipinski definition) is 10. The molecule has 15 heteroatoms. The third kappa shape index (κ3) is 3.77. The minimum Gasteiger partial charge on any atom is -0.386 e. The third-order valence-electron chi connectivity index (χ3n) is 4.78. The number of aromatic nitrogens is 4. The van der Waals surface area contributed by atoms with Crippen LogP contribution >= 0.6 is 31.2 Å². The third-order valence-corrected chi connectivity index (χ3v) is 7.00. The van der Waals surface area contributed by atoms with Gasteiger partial charge in [-0.05, 0) is 24.3 Å². The van der Waals surface area contributed by atoms with E-state index in [1.807, 2.05) is 0 Å². The lowest BCUT2D eigenvalue weighted by Crippen LogP contribution is -2.39. The van der Waals surface area contributed by atoms with Crippen molar-refractivity contribution in [3.63, 3.8) is 0 Å². The van der Waals surface area contributed by atoms with Gasteiger partial charge in [0.25, 0.3) is 5.56 Å². The lowest BCUT2D eigenvalue weighted by Gasteiger charge is -2.27. The summed E-state index contributed by atoms with van der Waals surface area (Å²) in [5.74, 6) is -0.147. The second-order valence-electron chi connectivity index (χ2n) is 6.83. The molecule has 5 rings (SSSR count). The van der Waals surface area contributed by atoms with Gasteiger partial charge in [0.1, 0.15) is 18.3 Å². The van der Waals surface area contributed by atoms with Crippen molar-refractivity contribution in [1.82, 2.24) is 19.5 Å². The van der Waals surface area contributed by atoms with E-state index in [0.29, 0.717) is 5.02 Å². The molecule has 0 radical (unpaired) electrons. The van der Waals surface area contributed by atoms with E-state index in [4.69, 9.17) is 31.1 Å². The van der Waals surface area contributed by atoms with Crippen molar-refractivity contribution in [3.05, 3.63) is 39.6 Å². The zero-order valence-corrected chi connectivity index (χ0v) is 17.9. The normalized spacial score (nSPS) is 30.5. The Kier molecular flexibility index (Phi) is 5.11. The number of fused-ring (bicyclic) bond motifs is 2. The molecular formula is C16H15ClN5O7PS. The van der Waals surface area contributed by atoms with Crippen LogP contribution in [0.1, 0.15) is 6.23 Å². The lowest BCUT2D eigenvalue weighted by molar-refractivity contribution is -0.0684. The van der Waals surface area contributed by atoms with Crippen LogP contribution in [0.15, 0.2) is 39.1 Å². The molecule has 2 saturated heterocycles. The minimum atomic E-state index is -4.31. The van der Waals surface area contributed by atoms with Gasteiger partial charge in [-0.1, -0.05) is 23.4 Å². The molecule has 0 spiro atoms. The Morgan fingerprint density at radius 3 is 2.81 bits per heavy atom. The van der Waals surface area contributed by atoms with Gasteiger partial charge in [0, 0.05) is 9.92 Å². The Labute approximate surface area is 182 Å². The standard InChI is InChI=1S/C16H15ClN5O7PS/c17-6-1-3-7(4-2-6)31-16-19-9-12(20-15(18)21-13(9)24)22(16)14-10(23)11-8(28-14)5-27-30(25,26)29-11/h1-4,8,10-11,14,23H,5H2,(H,25,26)(H3,18,20,21,24)/t8?,10?,11?,14-/m0/s1. The van der Waals surface area contributed by atoms with Crippen molar-refractivity contribution in [3.8, 4) is 0 Å². The van der Waals surface area contributed by atoms with Crippen LogP contribution in [0.4, 0.5) is 5.95 Å². The van der Waals surface area contributed by atoms with E-state index < -0.39 is 37.9 Å². The summed E-state index contributed by atoms with van der Waals surface area (Å²) in [6.07, 6.45) is -4.46. The van der Waals surface area contributed by atoms with Gasteiger partial charge in [-0.3, -0.25) is 23.4 Å². The maximum atomic E-state index is 12.4. The number of hydrogen-bond donors (Lipinski definition) is 4. The van der Waals surface area contributed by atoms with Crippen molar-refractivity contribution < 1.29 is 28.3 Å². The molecule has 2 aliphatic heterocycles. The molecular weight excluding hydrogens is 473 g/mol. The zero-order chi connectivity index (χ0) is 21.9. The van der Waals surface area contributed by atoms with E-state index in [0.717, 1.165) is 4.90 Å². The minimum absolute atomic E-state index is 0.0127. The number of benzene rings is 1. The summed E-state index contributed by atoms with van der Waals surface area (Å²) in [6.45, 7) is -0.256. The van der Waals surface area contributed by atoms with Gasteiger partial charge in [-0.25, -0.2) is 9.55 Å². The number of ether oxygens (including phenoxy) is 1. The number of nitrogen functional groups attached to an aromatic ring is 1. The molecule has 164 valence electrons. The number of aliphatic hydroxyl groups is 1. The Balaban J connectivity index is 1.62. The number of anilines is 1. The Morgan fingerprint density at radius 1 is 1.32 bits per heavy atom. The van der Waals surface area contributed by atoms with Crippen LogP contribution in [-0.2, 0) is 18.3 Å². The molecule has 2 aliphatic rings. The van der Waals surface area contributed by atoms with E-state index in [-0.39, 0.29) is 28.9 Å². The highest BCUT2D eigenvalue weighted by Crippen LogP contribution is 2.53. The van der Waals surface area contributed by atoms with Gasteiger partial charge in [0.05, 0.1) is 6.61 Å². The molecule has 5 atom stereocenters. The number of halogens is 1. The van der Waals surface area contributed by atoms with Gasteiger partial charge in [-0.2, -0.15) is 4.98 Å². The first kappa shape index (κ1) is 20.9. The summed E-state index contributed by atoms with van der Waals surface area (Å²) in [7, 11) is -4.31. The fourth-order valence-electron chi connectivity index (χ4n) is 3.44. The number of phosphoric acid groups is 1. The van der Waals surface area contributed by atoms with Gasteiger partial charge in [0.2, 0.25) is 5.95 Å². The predicted molar refractivity (Wildman–Crippen MR) is 109 cm³/mol. The lowest BCUT2D eigenvalue weighted by atomic mass is 10.1. The number of nitrogens with zero attached hydrogens (tertiary/aromatic N) is 3. The largest absolute Gasteiger partial charge is 0.472 e. The smallest absolute Gasteiger partial charge is 0.386 e. The molecule has 12 nitrogen and oxygen atoms in total. The monoisotopic (exact) mass is 487 g/mol. The molecule has 31 heavy (non-hydrogen) atoms. The number of phosphoric ester groups is 1. The molecule has 4 heterocycles. The molecule has 4 unspecified atom stereocenters. The number of aliphatic hydroxyl groups excluding tert-OH is 1. The second kappa shape index (κ2) is 7.57. The Hall–Kier alpha value is -1.96. The first-order valence-electron chi connectivity index (χ1n) is 8.92. The average Bonchev–Trinajstić information content (AvgIpc) is 3.20. The molecule has 3 aromatic rings. The highest BCUT2D eigenvalue weighted by atomic mass is 35.5. The number of aromatic amines is 1. The first-order valence-corrected chi connectivity index (χ1v) is 11.6. The predicted octanol–water partition coefficient (Wildman–Crippen LogP) is 1.28. The number of nitrogens with two attached hydrogens (primary N) is 1. The van der Waals surface area contributed by atoms with Gasteiger partial charge in [0.15, 0.2) is 22.5 Å². The van der Waals surface area contributed by atoms with E-state index >= 15 is 0 Å². The van der Waals surface area contributed by atoms with Crippen LogP contribution in [0.25, 0.3) is 11.2 Å². The fraction of sp³-hybridized carbons (Fsp3) is 0.312. The van der Waals surface area contributed by atoms with Crippen LogP contribution in [-0.4, -0.2) is 54.4 Å². The fourth-order valence-corrected chi connectivity index (χ4v) is 5.44. The van der Waals surface area contributed by atoms with E-state index in [1.165, 1.54) is 16.3 Å². The molecule has 5 N–H and O–H groups in total. The molecule has 1 aromatic carbocycles. The van der Waals surface area contributed by atoms with Crippen molar-refractivity contribution in [2.45, 2.75) is 34.6 Å². The van der Waals surface area contributed by atoms with E-state index in [9.17, 15) is 19.4 Å². The molecule has 0 bridgehead atoms. The van der Waals surface area contributed by atoms with Gasteiger partial charge in [-0.15, -0.1) is 0 Å². The van der Waals surface area contributed by atoms with Crippen LogP contribution in [0.3, 0.4) is 0 Å². The molecule has 0 saturated carbocycles. The zero-order valence-electron chi connectivity index (χ0n) is 15.4. The van der Waals surface area contributed by atoms with Gasteiger partial charge >= 0.3 is 7.82 Å². The van der Waals surface area contributed by atoms with E-state index in [2.05, 4.69) is 15.0 Å². The number of nitrogens with one attached hydrogen (secondary N) is 1. The molecule has 0 aliphatic carbocycles. The summed E-state index contributed by atoms with van der Waals surface area (Å²) < 4.78 is 28.9. The average molecular weight is 488 g/mol. The Morgan fingerprint density at radius 2 is 2.06 bits per heavy atom. The van der Waals surface area contributed by atoms with Crippen LogP contribution in [0.5, 0.6) is 0 Å². The van der Waals surface area contributed by atoms with Crippen molar-refractivity contribution in [1.29, 1.82) is 0 Å². The quantitative estimate of drug-likeness (QED) is 0.391. The molecule has 2 aromatic heterocycles. The summed E-state index contributed by atoms with van der Waals surface area (Å²) in [5.41, 5.74) is 5.21. The van der Waals surface area contributed by atoms with Crippen molar-refractivity contribution >= 4 is 48.3 Å². The highest BCUT2D eigenvalue weighted by Gasteiger charge is 2.53. The Bertz CT molecular complexity index is 1270. The van der Waals surface area contributed by atoms with E-state index in [1.54, 1.807) is 24.3 Å². The SMILES string of the molecule is Nc1nc2c(nc(Sc3ccc(Cl)cc3)n2[C@H]2OC3COP(=O)(O)OC3C2O)c(=O)[nH]1. The maximum Gasteiger partial charge on any atom is 0.472 e. The molecule has 2 fully saturated rings. The van der Waals surface area contributed by atoms with Crippen molar-refractivity contribution in [2.24, 2.45) is 0 Å². The number of imidazole rings is 1. The first-order chi connectivity index (χ1) is 14.7.